The standard InChI is InChI=1S/C12H11ClFN3O4S2/c1-15-22(18,19)8-5-6-11(16-7-8)17-23(20,21)10-4-2-3-9(13)12(10)14/h2-7,15H,1H3,(H,16,17). The van der Waals surface area contributed by atoms with Crippen LogP contribution in [0.5, 0.6) is 0 Å². The van der Waals surface area contributed by atoms with Crippen molar-refractivity contribution in [2.24, 2.45) is 0 Å². The SMILES string of the molecule is CNS(=O)(=O)c1ccc(NS(=O)(=O)c2cccc(Cl)c2F)nc1. The molecule has 0 spiro atoms. The van der Waals surface area contributed by atoms with Crippen LogP contribution in [0.4, 0.5) is 10.2 Å². The van der Waals surface area contributed by atoms with Gasteiger partial charge in [0.05, 0.1) is 5.02 Å². The summed E-state index contributed by atoms with van der Waals surface area (Å²) in [5, 5.41) is -0.337. The van der Waals surface area contributed by atoms with Gasteiger partial charge in [0.2, 0.25) is 10.0 Å². The molecule has 0 unspecified atom stereocenters. The first kappa shape index (κ1) is 17.6. The van der Waals surface area contributed by atoms with E-state index >= 15 is 0 Å². The van der Waals surface area contributed by atoms with E-state index in [0.717, 1.165) is 24.4 Å². The number of benzene rings is 1. The van der Waals surface area contributed by atoms with Crippen molar-refractivity contribution < 1.29 is 21.2 Å². The molecule has 2 rings (SSSR count). The molecule has 0 aliphatic heterocycles. The first-order valence-electron chi connectivity index (χ1n) is 6.04. The average Bonchev–Trinajstić information content (AvgIpc) is 2.50. The van der Waals surface area contributed by atoms with Gasteiger partial charge >= 0.3 is 0 Å². The van der Waals surface area contributed by atoms with Crippen LogP contribution in [0.1, 0.15) is 0 Å². The van der Waals surface area contributed by atoms with Gasteiger partial charge in [-0.2, -0.15) is 0 Å². The largest absolute Gasteiger partial charge is 0.266 e. The fourth-order valence-corrected chi connectivity index (χ4v) is 3.62. The quantitative estimate of drug-likeness (QED) is 0.820. The van der Waals surface area contributed by atoms with Gasteiger partial charge in [0.1, 0.15) is 15.6 Å². The summed E-state index contributed by atoms with van der Waals surface area (Å²) < 4.78 is 65.3. The molecule has 0 atom stereocenters. The van der Waals surface area contributed by atoms with Crippen molar-refractivity contribution in [1.82, 2.24) is 9.71 Å². The van der Waals surface area contributed by atoms with E-state index in [4.69, 9.17) is 11.6 Å². The van der Waals surface area contributed by atoms with Crippen LogP contribution in [0.25, 0.3) is 0 Å². The van der Waals surface area contributed by atoms with Gasteiger partial charge in [-0.05, 0) is 31.3 Å². The molecule has 11 heteroatoms. The first-order valence-corrected chi connectivity index (χ1v) is 9.38. The molecular weight excluding hydrogens is 369 g/mol. The van der Waals surface area contributed by atoms with Crippen LogP contribution in [-0.4, -0.2) is 28.9 Å². The lowest BCUT2D eigenvalue weighted by molar-refractivity contribution is 0.570. The molecule has 1 aromatic carbocycles. The zero-order chi connectivity index (χ0) is 17.3. The fourth-order valence-electron chi connectivity index (χ4n) is 1.60. The van der Waals surface area contributed by atoms with E-state index in [2.05, 4.69) is 9.71 Å². The van der Waals surface area contributed by atoms with Gasteiger partial charge in [0.25, 0.3) is 10.0 Å². The molecule has 23 heavy (non-hydrogen) atoms. The van der Waals surface area contributed by atoms with Crippen molar-refractivity contribution in [3.05, 3.63) is 47.4 Å². The van der Waals surface area contributed by atoms with Crippen molar-refractivity contribution >= 4 is 37.5 Å². The summed E-state index contributed by atoms with van der Waals surface area (Å²) in [4.78, 5) is 2.91. The average molecular weight is 380 g/mol. The lowest BCUT2D eigenvalue weighted by Gasteiger charge is -2.09. The zero-order valence-corrected chi connectivity index (χ0v) is 14.0. The Morgan fingerprint density at radius 1 is 1.09 bits per heavy atom. The van der Waals surface area contributed by atoms with Gasteiger partial charge in [-0.15, -0.1) is 0 Å². The maximum atomic E-state index is 13.8. The lowest BCUT2D eigenvalue weighted by Crippen LogP contribution is -2.19. The number of hydrogen-bond donors (Lipinski definition) is 2. The van der Waals surface area contributed by atoms with E-state index in [9.17, 15) is 21.2 Å². The van der Waals surface area contributed by atoms with Crippen LogP contribution in [0, 0.1) is 5.82 Å². The minimum absolute atomic E-state index is 0.142. The number of nitrogens with one attached hydrogen (secondary N) is 2. The Hall–Kier alpha value is -1.75. The molecule has 2 N–H and O–H groups in total. The van der Waals surface area contributed by atoms with Crippen molar-refractivity contribution in [2.45, 2.75) is 9.79 Å². The molecule has 124 valence electrons. The molecule has 0 fully saturated rings. The van der Waals surface area contributed by atoms with Gasteiger partial charge in [0, 0.05) is 6.20 Å². The number of sulfonamides is 2. The second kappa shape index (κ2) is 6.40. The molecule has 2 aromatic rings. The molecule has 0 aliphatic carbocycles. The molecule has 0 radical (unpaired) electrons. The number of aromatic nitrogens is 1. The predicted molar refractivity (Wildman–Crippen MR) is 82.7 cm³/mol. The van der Waals surface area contributed by atoms with E-state index in [1.807, 2.05) is 4.72 Å². The Kier molecular flexibility index (Phi) is 4.90. The number of halogens is 2. The highest BCUT2D eigenvalue weighted by Crippen LogP contribution is 2.23. The van der Waals surface area contributed by atoms with Gasteiger partial charge in [0.15, 0.2) is 5.82 Å². The molecule has 0 saturated carbocycles. The van der Waals surface area contributed by atoms with Gasteiger partial charge < -0.3 is 0 Å². The van der Waals surface area contributed by atoms with Crippen molar-refractivity contribution in [3.8, 4) is 0 Å². The van der Waals surface area contributed by atoms with Gasteiger partial charge in [-0.1, -0.05) is 17.7 Å². The zero-order valence-electron chi connectivity index (χ0n) is 11.6. The summed E-state index contributed by atoms with van der Waals surface area (Å²) >= 11 is 5.55. The number of hydrogen-bond acceptors (Lipinski definition) is 5. The summed E-state index contributed by atoms with van der Waals surface area (Å²) in [6, 6.07) is 5.85. The maximum absolute atomic E-state index is 13.8. The minimum Gasteiger partial charge on any atom is -0.263 e. The van der Waals surface area contributed by atoms with E-state index in [0.29, 0.717) is 0 Å². The molecule has 0 aliphatic rings. The van der Waals surface area contributed by atoms with Crippen LogP contribution in [-0.2, 0) is 20.0 Å². The molecule has 1 aromatic heterocycles. The Morgan fingerprint density at radius 3 is 2.35 bits per heavy atom. The van der Waals surface area contributed by atoms with Crippen LogP contribution in [0.15, 0.2) is 46.3 Å². The number of anilines is 1. The Bertz CT molecular complexity index is 931. The number of nitrogens with zero attached hydrogens (tertiary/aromatic N) is 1. The molecule has 0 amide bonds. The molecular formula is C12H11ClFN3O4S2. The Morgan fingerprint density at radius 2 is 1.78 bits per heavy atom. The highest BCUT2D eigenvalue weighted by Gasteiger charge is 2.21. The normalized spacial score (nSPS) is 12.1. The topological polar surface area (TPSA) is 105 Å². The number of rotatable bonds is 5. The smallest absolute Gasteiger partial charge is 0.263 e. The second-order valence-corrected chi connectivity index (χ2v) is 8.19. The highest BCUT2D eigenvalue weighted by molar-refractivity contribution is 7.92. The molecule has 1 heterocycles. The highest BCUT2D eigenvalue weighted by atomic mass is 35.5. The van der Waals surface area contributed by atoms with E-state index in [1.165, 1.54) is 19.2 Å². The van der Waals surface area contributed by atoms with Crippen LogP contribution >= 0.6 is 11.6 Å². The number of pyridine rings is 1. The summed E-state index contributed by atoms with van der Waals surface area (Å²) in [5.41, 5.74) is 0. The van der Waals surface area contributed by atoms with E-state index < -0.39 is 30.8 Å². The minimum atomic E-state index is -4.26. The lowest BCUT2D eigenvalue weighted by atomic mass is 10.3. The van der Waals surface area contributed by atoms with Crippen molar-refractivity contribution in [2.75, 3.05) is 11.8 Å². The van der Waals surface area contributed by atoms with Gasteiger partial charge in [-0.25, -0.2) is 30.9 Å². The van der Waals surface area contributed by atoms with Crippen LogP contribution < -0.4 is 9.44 Å². The third-order valence-corrected chi connectivity index (χ3v) is 5.82. The summed E-state index contributed by atoms with van der Waals surface area (Å²) in [6.07, 6.45) is 0.970. The molecule has 0 saturated heterocycles. The van der Waals surface area contributed by atoms with Crippen molar-refractivity contribution in [3.63, 3.8) is 0 Å². The monoisotopic (exact) mass is 379 g/mol. The third-order valence-electron chi connectivity index (χ3n) is 2.76. The summed E-state index contributed by atoms with van der Waals surface area (Å²) in [6.45, 7) is 0. The Labute approximate surface area is 137 Å². The van der Waals surface area contributed by atoms with Crippen LogP contribution in [0.2, 0.25) is 5.02 Å². The van der Waals surface area contributed by atoms with Crippen LogP contribution in [0.3, 0.4) is 0 Å². The summed E-state index contributed by atoms with van der Waals surface area (Å²) in [5.74, 6) is -1.25. The predicted octanol–water partition coefficient (Wildman–Crippen LogP) is 1.58. The maximum Gasteiger partial charge on any atom is 0.266 e. The summed E-state index contributed by atoms with van der Waals surface area (Å²) in [7, 11) is -6.72. The molecule has 0 bridgehead atoms. The second-order valence-electron chi connectivity index (χ2n) is 4.24. The van der Waals surface area contributed by atoms with E-state index in [1.54, 1.807) is 0 Å². The molecule has 7 nitrogen and oxygen atoms in total. The van der Waals surface area contributed by atoms with Gasteiger partial charge in [-0.3, -0.25) is 4.72 Å². The Balaban J connectivity index is 2.33. The van der Waals surface area contributed by atoms with E-state index in [-0.39, 0.29) is 15.7 Å². The van der Waals surface area contributed by atoms with Crippen molar-refractivity contribution in [1.29, 1.82) is 0 Å². The third kappa shape index (κ3) is 3.78. The first-order chi connectivity index (χ1) is 10.7. The fraction of sp³-hybridized carbons (Fsp3) is 0.0833.